The Kier molecular flexibility index (Phi) is 8.42. The Labute approximate surface area is 117 Å². The van der Waals surface area contributed by atoms with E-state index in [9.17, 15) is 4.39 Å². The molecule has 102 valence electrons. The quantitative estimate of drug-likeness (QED) is 0.905. The van der Waals surface area contributed by atoms with Gasteiger partial charge < -0.3 is 10.1 Å². The highest BCUT2D eigenvalue weighted by Crippen LogP contribution is 2.11. The third kappa shape index (κ3) is 6.59. The number of ether oxygens (including phenoxy) is 1. The number of benzene rings is 1. The van der Waals surface area contributed by atoms with Gasteiger partial charge in [0, 0.05) is 19.0 Å². The van der Waals surface area contributed by atoms with E-state index < -0.39 is 0 Å². The zero-order valence-electron chi connectivity index (χ0n) is 10.5. The van der Waals surface area contributed by atoms with Gasteiger partial charge in [0.25, 0.3) is 0 Å². The van der Waals surface area contributed by atoms with Crippen molar-refractivity contribution in [2.24, 2.45) is 5.92 Å². The summed E-state index contributed by atoms with van der Waals surface area (Å²) in [4.78, 5) is 0. The summed E-state index contributed by atoms with van der Waals surface area (Å²) in [5.74, 6) is 1.57. The topological polar surface area (TPSA) is 21.3 Å². The van der Waals surface area contributed by atoms with Gasteiger partial charge in [-0.05, 0) is 24.1 Å². The number of hydrogen-bond donors (Lipinski definition) is 1. The number of halogens is 2. The fourth-order valence-corrected chi connectivity index (χ4v) is 2.36. The van der Waals surface area contributed by atoms with Gasteiger partial charge in [-0.1, -0.05) is 23.7 Å². The van der Waals surface area contributed by atoms with Crippen molar-refractivity contribution in [3.63, 3.8) is 0 Å². The molecule has 2 nitrogen and oxygen atoms in total. The summed E-state index contributed by atoms with van der Waals surface area (Å²) in [6, 6.07) is 6.12. The summed E-state index contributed by atoms with van der Waals surface area (Å²) in [6.07, 6.45) is 2.14. The number of thioether (sulfide) groups is 1. The van der Waals surface area contributed by atoms with E-state index in [1.54, 1.807) is 12.1 Å². The standard InChI is InChI=1S/C7H15NOS.C6H4ClF/c1-10-6-7-4-8-2-3-9-5-7;7-5-3-1-2-4-6(5)8/h7-8H,2-6H2,1H3;1-4H. The van der Waals surface area contributed by atoms with Crippen molar-refractivity contribution in [1.82, 2.24) is 5.32 Å². The average molecular weight is 292 g/mol. The van der Waals surface area contributed by atoms with Crippen molar-refractivity contribution in [2.75, 3.05) is 38.3 Å². The first-order valence-electron chi connectivity index (χ1n) is 5.91. The predicted octanol–water partition coefficient (Wildman–Crippen LogP) is 3.06. The molecule has 1 saturated heterocycles. The van der Waals surface area contributed by atoms with Crippen LogP contribution in [-0.2, 0) is 4.74 Å². The Bertz CT molecular complexity index is 312. The summed E-state index contributed by atoms with van der Waals surface area (Å²) < 4.78 is 17.6. The maximum Gasteiger partial charge on any atom is 0.141 e. The van der Waals surface area contributed by atoms with Crippen LogP contribution in [0.3, 0.4) is 0 Å². The first kappa shape index (κ1) is 15.8. The predicted molar refractivity (Wildman–Crippen MR) is 77.0 cm³/mol. The van der Waals surface area contributed by atoms with Crippen LogP contribution in [0.5, 0.6) is 0 Å². The Morgan fingerprint density at radius 3 is 2.89 bits per heavy atom. The van der Waals surface area contributed by atoms with Crippen LogP contribution in [0.2, 0.25) is 5.02 Å². The van der Waals surface area contributed by atoms with Crippen LogP contribution in [0, 0.1) is 11.7 Å². The summed E-state index contributed by atoms with van der Waals surface area (Å²) in [5.41, 5.74) is 0. The normalized spacial score (nSPS) is 19.6. The lowest BCUT2D eigenvalue weighted by Gasteiger charge is -2.10. The van der Waals surface area contributed by atoms with Crippen LogP contribution in [0.15, 0.2) is 24.3 Å². The maximum atomic E-state index is 12.2. The Balaban J connectivity index is 0.000000184. The molecule has 0 bridgehead atoms. The van der Waals surface area contributed by atoms with Crippen molar-refractivity contribution < 1.29 is 9.13 Å². The van der Waals surface area contributed by atoms with Crippen molar-refractivity contribution in [3.05, 3.63) is 35.1 Å². The molecule has 0 amide bonds. The van der Waals surface area contributed by atoms with Gasteiger partial charge in [-0.3, -0.25) is 0 Å². The van der Waals surface area contributed by atoms with Gasteiger partial charge >= 0.3 is 0 Å². The van der Waals surface area contributed by atoms with Crippen LogP contribution in [0.4, 0.5) is 4.39 Å². The lowest BCUT2D eigenvalue weighted by molar-refractivity contribution is 0.130. The molecule has 1 aliphatic rings. The van der Waals surface area contributed by atoms with E-state index in [4.69, 9.17) is 16.3 Å². The third-order valence-corrected chi connectivity index (χ3v) is 3.55. The van der Waals surface area contributed by atoms with Crippen LogP contribution >= 0.6 is 23.4 Å². The Hall–Kier alpha value is -0.290. The first-order valence-corrected chi connectivity index (χ1v) is 7.68. The highest BCUT2D eigenvalue weighted by atomic mass is 35.5. The molecule has 0 aliphatic carbocycles. The number of rotatable bonds is 2. The minimum Gasteiger partial charge on any atom is -0.380 e. The fourth-order valence-electron chi connectivity index (χ4n) is 1.54. The third-order valence-electron chi connectivity index (χ3n) is 2.44. The van der Waals surface area contributed by atoms with Crippen LogP contribution in [0.1, 0.15) is 0 Å². The first-order chi connectivity index (χ1) is 8.74. The van der Waals surface area contributed by atoms with Gasteiger partial charge in [0.2, 0.25) is 0 Å². The molecule has 1 atom stereocenters. The summed E-state index contributed by atoms with van der Waals surface area (Å²) >= 11 is 7.23. The zero-order chi connectivity index (χ0) is 13.2. The molecule has 1 N–H and O–H groups in total. The molecule has 1 fully saturated rings. The number of hydrogen-bond acceptors (Lipinski definition) is 3. The van der Waals surface area contributed by atoms with E-state index in [-0.39, 0.29) is 10.8 Å². The molecule has 0 radical (unpaired) electrons. The van der Waals surface area contributed by atoms with E-state index in [1.165, 1.54) is 17.9 Å². The van der Waals surface area contributed by atoms with Crippen molar-refractivity contribution in [3.8, 4) is 0 Å². The van der Waals surface area contributed by atoms with E-state index in [0.29, 0.717) is 0 Å². The second kappa shape index (κ2) is 9.62. The largest absolute Gasteiger partial charge is 0.380 e. The van der Waals surface area contributed by atoms with Crippen LogP contribution in [0.25, 0.3) is 0 Å². The molecule has 0 spiro atoms. The van der Waals surface area contributed by atoms with Crippen LogP contribution in [-0.4, -0.2) is 38.3 Å². The summed E-state index contributed by atoms with van der Waals surface area (Å²) in [6.45, 7) is 3.96. The van der Waals surface area contributed by atoms with E-state index in [1.807, 2.05) is 11.8 Å². The molecule has 0 aromatic heterocycles. The van der Waals surface area contributed by atoms with Gasteiger partial charge in [-0.25, -0.2) is 4.39 Å². The molecule has 1 aliphatic heterocycles. The summed E-state index contributed by atoms with van der Waals surface area (Å²) in [7, 11) is 0. The summed E-state index contributed by atoms with van der Waals surface area (Å²) in [5, 5.41) is 3.52. The Morgan fingerprint density at radius 2 is 2.28 bits per heavy atom. The minimum absolute atomic E-state index is 0.174. The molecule has 1 unspecified atom stereocenters. The van der Waals surface area contributed by atoms with Gasteiger partial charge in [0.1, 0.15) is 5.82 Å². The monoisotopic (exact) mass is 291 g/mol. The highest BCUT2D eigenvalue weighted by molar-refractivity contribution is 7.98. The van der Waals surface area contributed by atoms with Crippen LogP contribution < -0.4 is 5.32 Å². The van der Waals surface area contributed by atoms with Gasteiger partial charge in [-0.2, -0.15) is 11.8 Å². The van der Waals surface area contributed by atoms with Gasteiger partial charge in [0.05, 0.1) is 18.2 Å². The van der Waals surface area contributed by atoms with Gasteiger partial charge in [-0.15, -0.1) is 0 Å². The van der Waals surface area contributed by atoms with Crippen molar-refractivity contribution >= 4 is 23.4 Å². The highest BCUT2D eigenvalue weighted by Gasteiger charge is 2.10. The van der Waals surface area contributed by atoms with E-state index >= 15 is 0 Å². The van der Waals surface area contributed by atoms with E-state index in [0.717, 1.165) is 32.2 Å². The van der Waals surface area contributed by atoms with Gasteiger partial charge in [0.15, 0.2) is 0 Å². The Morgan fingerprint density at radius 1 is 1.50 bits per heavy atom. The molecular formula is C13H19ClFNOS. The second-order valence-corrected chi connectivity index (χ2v) is 5.33. The fraction of sp³-hybridized carbons (Fsp3) is 0.538. The molecule has 18 heavy (non-hydrogen) atoms. The molecule has 5 heteroatoms. The average Bonchev–Trinajstić information content (AvgIpc) is 2.63. The number of nitrogens with one attached hydrogen (secondary N) is 1. The lowest BCUT2D eigenvalue weighted by Crippen LogP contribution is -2.24. The van der Waals surface area contributed by atoms with Crippen molar-refractivity contribution in [1.29, 1.82) is 0 Å². The van der Waals surface area contributed by atoms with E-state index in [2.05, 4.69) is 11.6 Å². The smallest absolute Gasteiger partial charge is 0.141 e. The molecular weight excluding hydrogens is 273 g/mol. The molecule has 0 saturated carbocycles. The zero-order valence-corrected chi connectivity index (χ0v) is 12.1. The molecule has 1 aromatic carbocycles. The lowest BCUT2D eigenvalue weighted by atomic mass is 10.2. The second-order valence-electron chi connectivity index (χ2n) is 4.01. The minimum atomic E-state index is -0.367. The molecule has 1 aromatic rings. The maximum absolute atomic E-state index is 12.2. The van der Waals surface area contributed by atoms with Crippen molar-refractivity contribution in [2.45, 2.75) is 0 Å². The molecule has 1 heterocycles. The SMILES string of the molecule is CSCC1CNCCOC1.Fc1ccccc1Cl. The molecule has 2 rings (SSSR count).